The summed E-state index contributed by atoms with van der Waals surface area (Å²) in [7, 11) is 0. The Morgan fingerprint density at radius 3 is 2.42 bits per heavy atom. The van der Waals surface area contributed by atoms with Gasteiger partial charge < -0.3 is 0 Å². The summed E-state index contributed by atoms with van der Waals surface area (Å²) < 4.78 is 0. The molecule has 0 bridgehead atoms. The largest absolute Gasteiger partial charge is 0.296 e. The second kappa shape index (κ2) is 4.17. The van der Waals surface area contributed by atoms with Crippen molar-refractivity contribution in [3.63, 3.8) is 0 Å². The molecule has 2 rings (SSSR count). The summed E-state index contributed by atoms with van der Waals surface area (Å²) in [6.45, 7) is 2.60. The first-order chi connectivity index (χ1) is 5.37. The molecule has 0 spiro atoms. The van der Waals surface area contributed by atoms with Gasteiger partial charge in [-0.05, 0) is 38.8 Å². The maximum Gasteiger partial charge on any atom is 0.0408 e. The maximum atomic E-state index is 6.03. The molecule has 0 amide bonds. The molecule has 0 radical (unpaired) electrons. The monoisotopic (exact) mass is 209 g/mol. The van der Waals surface area contributed by atoms with Gasteiger partial charge in [0, 0.05) is 11.4 Å². The summed E-state index contributed by atoms with van der Waals surface area (Å²) in [5.41, 5.74) is 0.430. The molecule has 0 aliphatic carbocycles. The molecule has 0 N–H and O–H groups in total. The van der Waals surface area contributed by atoms with E-state index in [4.69, 9.17) is 11.6 Å². The molecule has 1 unspecified atom stereocenters. The Hall–Kier alpha value is 0.540. The van der Waals surface area contributed by atoms with Crippen LogP contribution in [0.5, 0.6) is 0 Å². The molecule has 3 heteroatoms. The quantitative estimate of drug-likeness (QED) is 0.601. The van der Waals surface area contributed by atoms with Crippen molar-refractivity contribution in [1.29, 1.82) is 0 Å². The third kappa shape index (κ3) is 1.59. The zero-order valence-corrected chi connectivity index (χ0v) is 8.96. The van der Waals surface area contributed by atoms with E-state index in [0.29, 0.717) is 5.54 Å². The van der Waals surface area contributed by atoms with Crippen LogP contribution in [-0.4, -0.2) is 29.4 Å². The summed E-state index contributed by atoms with van der Waals surface area (Å²) in [5, 5.41) is 0. The lowest BCUT2D eigenvalue weighted by Crippen LogP contribution is -2.48. The lowest BCUT2D eigenvalue weighted by molar-refractivity contribution is 0.111. The van der Waals surface area contributed by atoms with E-state index in [9.17, 15) is 0 Å². The highest BCUT2D eigenvalue weighted by molar-refractivity contribution is 6.18. The number of hydrogen-bond acceptors (Lipinski definition) is 1. The van der Waals surface area contributed by atoms with E-state index in [1.165, 1.54) is 45.2 Å². The molecule has 1 nitrogen and oxygen atoms in total. The van der Waals surface area contributed by atoms with Gasteiger partial charge in [-0.15, -0.1) is 24.0 Å². The fourth-order valence-corrected chi connectivity index (χ4v) is 3.04. The van der Waals surface area contributed by atoms with Crippen molar-refractivity contribution >= 4 is 24.0 Å². The van der Waals surface area contributed by atoms with Crippen molar-refractivity contribution in [3.8, 4) is 0 Å². The average Bonchev–Trinajstić information content (AvgIpc) is 2.48. The van der Waals surface area contributed by atoms with E-state index >= 15 is 0 Å². The van der Waals surface area contributed by atoms with Crippen LogP contribution in [0.1, 0.15) is 32.1 Å². The minimum absolute atomic E-state index is 0. The highest BCUT2D eigenvalue weighted by Crippen LogP contribution is 2.38. The second-order valence-corrected chi connectivity index (χ2v) is 4.17. The van der Waals surface area contributed by atoms with Crippen LogP contribution in [0.3, 0.4) is 0 Å². The van der Waals surface area contributed by atoms with Crippen LogP contribution in [0.2, 0.25) is 0 Å². The molecule has 0 aromatic rings. The van der Waals surface area contributed by atoms with Crippen LogP contribution in [-0.2, 0) is 0 Å². The Labute approximate surface area is 85.9 Å². The van der Waals surface area contributed by atoms with Crippen LogP contribution >= 0.6 is 24.0 Å². The molecule has 0 aromatic carbocycles. The normalized spacial score (nSPS) is 35.8. The van der Waals surface area contributed by atoms with Gasteiger partial charge in [-0.1, -0.05) is 6.42 Å². The third-order valence-corrected chi connectivity index (χ3v) is 3.81. The number of halogens is 2. The molecule has 2 aliphatic rings. The summed E-state index contributed by atoms with van der Waals surface area (Å²) in [6.07, 6.45) is 6.83. The lowest BCUT2D eigenvalue weighted by atomic mass is 9.88. The van der Waals surface area contributed by atoms with E-state index in [0.717, 1.165) is 5.88 Å². The fraction of sp³-hybridized carbons (Fsp3) is 1.00. The zero-order chi connectivity index (χ0) is 7.73. The smallest absolute Gasteiger partial charge is 0.0408 e. The summed E-state index contributed by atoms with van der Waals surface area (Å²) in [5.74, 6) is 0.854. The Balaban J connectivity index is 0.000000720. The molecule has 0 aromatic heterocycles. The van der Waals surface area contributed by atoms with Crippen LogP contribution in [0.25, 0.3) is 0 Å². The van der Waals surface area contributed by atoms with E-state index < -0.39 is 0 Å². The molecule has 2 saturated heterocycles. The van der Waals surface area contributed by atoms with E-state index in [2.05, 4.69) is 4.90 Å². The average molecular weight is 210 g/mol. The van der Waals surface area contributed by atoms with Crippen LogP contribution in [0.15, 0.2) is 0 Å². The van der Waals surface area contributed by atoms with Crippen LogP contribution in [0, 0.1) is 0 Å². The van der Waals surface area contributed by atoms with Gasteiger partial charge >= 0.3 is 0 Å². The Morgan fingerprint density at radius 2 is 1.75 bits per heavy atom. The van der Waals surface area contributed by atoms with Gasteiger partial charge in [0.2, 0.25) is 0 Å². The van der Waals surface area contributed by atoms with Gasteiger partial charge in [-0.2, -0.15) is 0 Å². The minimum Gasteiger partial charge on any atom is -0.296 e. The number of rotatable bonds is 1. The molecule has 2 heterocycles. The highest BCUT2D eigenvalue weighted by atomic mass is 35.5. The predicted octanol–water partition coefficient (Wildman–Crippen LogP) is 2.67. The molecular weight excluding hydrogens is 193 g/mol. The molecule has 1 atom stereocenters. The Kier molecular flexibility index (Phi) is 3.69. The lowest BCUT2D eigenvalue weighted by Gasteiger charge is -2.41. The summed E-state index contributed by atoms with van der Waals surface area (Å²) in [6, 6.07) is 0. The first kappa shape index (κ1) is 10.6. The van der Waals surface area contributed by atoms with Crippen molar-refractivity contribution < 1.29 is 0 Å². The standard InChI is InChI=1S/C9H16ClN.ClH/c10-8-9-4-1-2-6-11(9)7-3-5-9;/h1-8H2;1H. The van der Waals surface area contributed by atoms with Gasteiger partial charge in [-0.3, -0.25) is 4.90 Å². The van der Waals surface area contributed by atoms with Crippen LogP contribution in [0.4, 0.5) is 0 Å². The number of fused-ring (bicyclic) bond motifs is 1. The van der Waals surface area contributed by atoms with Gasteiger partial charge in [0.25, 0.3) is 0 Å². The topological polar surface area (TPSA) is 3.24 Å². The van der Waals surface area contributed by atoms with E-state index in [1.807, 2.05) is 0 Å². The molecule has 2 aliphatic heterocycles. The fourth-order valence-electron chi connectivity index (χ4n) is 2.60. The second-order valence-electron chi connectivity index (χ2n) is 3.91. The minimum atomic E-state index is 0. The van der Waals surface area contributed by atoms with Crippen molar-refractivity contribution in [2.24, 2.45) is 0 Å². The SMILES string of the molecule is Cl.ClCC12CCCCN1CCC2. The Bertz CT molecular complexity index is 151. The molecule has 72 valence electrons. The first-order valence-corrected chi connectivity index (χ1v) is 5.22. The Morgan fingerprint density at radius 1 is 1.08 bits per heavy atom. The van der Waals surface area contributed by atoms with Crippen molar-refractivity contribution in [3.05, 3.63) is 0 Å². The predicted molar refractivity (Wildman–Crippen MR) is 55.4 cm³/mol. The van der Waals surface area contributed by atoms with E-state index in [-0.39, 0.29) is 12.4 Å². The van der Waals surface area contributed by atoms with Crippen molar-refractivity contribution in [2.45, 2.75) is 37.6 Å². The van der Waals surface area contributed by atoms with Gasteiger partial charge in [0.15, 0.2) is 0 Å². The number of piperidine rings is 1. The number of alkyl halides is 1. The molecule has 12 heavy (non-hydrogen) atoms. The molecule has 2 fully saturated rings. The van der Waals surface area contributed by atoms with Crippen molar-refractivity contribution in [1.82, 2.24) is 4.90 Å². The molecular formula is C9H17Cl2N. The number of hydrogen-bond donors (Lipinski definition) is 0. The first-order valence-electron chi connectivity index (χ1n) is 4.68. The third-order valence-electron chi connectivity index (χ3n) is 3.31. The van der Waals surface area contributed by atoms with Gasteiger partial charge in [-0.25, -0.2) is 0 Å². The van der Waals surface area contributed by atoms with Crippen LogP contribution < -0.4 is 0 Å². The van der Waals surface area contributed by atoms with E-state index in [1.54, 1.807) is 0 Å². The number of nitrogens with zero attached hydrogens (tertiary/aromatic N) is 1. The highest BCUT2D eigenvalue weighted by Gasteiger charge is 2.41. The summed E-state index contributed by atoms with van der Waals surface area (Å²) in [4.78, 5) is 2.61. The summed E-state index contributed by atoms with van der Waals surface area (Å²) >= 11 is 6.03. The maximum absolute atomic E-state index is 6.03. The van der Waals surface area contributed by atoms with Gasteiger partial charge in [0.1, 0.15) is 0 Å². The van der Waals surface area contributed by atoms with Crippen molar-refractivity contribution in [2.75, 3.05) is 19.0 Å². The van der Waals surface area contributed by atoms with Gasteiger partial charge in [0.05, 0.1) is 0 Å². The molecule has 0 saturated carbocycles. The zero-order valence-electron chi connectivity index (χ0n) is 7.39.